The summed E-state index contributed by atoms with van der Waals surface area (Å²) in [7, 11) is 1.83. The van der Waals surface area contributed by atoms with Crippen molar-refractivity contribution in [2.45, 2.75) is 38.7 Å². The van der Waals surface area contributed by atoms with E-state index in [9.17, 15) is 10.1 Å². The number of nitrogens with zero attached hydrogens (tertiary/aromatic N) is 2. The molecule has 0 saturated heterocycles. The van der Waals surface area contributed by atoms with Crippen LogP contribution in [-0.2, 0) is 11.4 Å². The van der Waals surface area contributed by atoms with Crippen molar-refractivity contribution < 1.29 is 14.3 Å². The largest absolute Gasteiger partial charge is 0.490 e. The van der Waals surface area contributed by atoms with Crippen molar-refractivity contribution in [1.82, 2.24) is 4.90 Å². The summed E-state index contributed by atoms with van der Waals surface area (Å²) >= 11 is 0. The Morgan fingerprint density at radius 1 is 1.03 bits per heavy atom. The lowest BCUT2D eigenvalue weighted by Gasteiger charge is -2.37. The minimum Gasteiger partial charge on any atom is -0.490 e. The molecule has 1 aliphatic carbocycles. The predicted octanol–water partition coefficient (Wildman–Crippen LogP) is 5.55. The minimum absolute atomic E-state index is 0.0722. The number of rotatable bonds is 6. The number of fused-ring (bicyclic) bond motifs is 1. The molecule has 3 aromatic rings. The highest BCUT2D eigenvalue weighted by atomic mass is 16.5. The summed E-state index contributed by atoms with van der Waals surface area (Å²) in [5.41, 5.74) is 10.2. The van der Waals surface area contributed by atoms with Gasteiger partial charge in [0.05, 0.1) is 24.2 Å². The average Bonchev–Trinajstić information content (AvgIpc) is 2.90. The Hall–Kier alpha value is -4.24. The fraction of sp³-hybridized carbons (Fsp3) is 0.267. The molecule has 0 aromatic heterocycles. The third kappa shape index (κ3) is 4.18. The van der Waals surface area contributed by atoms with Crippen LogP contribution in [0.5, 0.6) is 11.5 Å². The SMILES string of the molecule is CCOc1cc([C@@H]2C(C#N)=C(N)N(C)C3=C2C(=O)CCC3)ccc1OCc1ccc2ccccc2c1. The highest BCUT2D eigenvalue weighted by Crippen LogP contribution is 2.45. The zero-order chi connectivity index (χ0) is 25.2. The van der Waals surface area contributed by atoms with Crippen LogP contribution < -0.4 is 15.2 Å². The van der Waals surface area contributed by atoms with Crippen molar-refractivity contribution in [2.24, 2.45) is 5.73 Å². The Morgan fingerprint density at radius 3 is 2.61 bits per heavy atom. The van der Waals surface area contributed by atoms with Gasteiger partial charge in [-0.3, -0.25) is 4.79 Å². The fourth-order valence-electron chi connectivity index (χ4n) is 5.18. The van der Waals surface area contributed by atoms with Gasteiger partial charge in [0, 0.05) is 24.7 Å². The first-order chi connectivity index (χ1) is 17.5. The summed E-state index contributed by atoms with van der Waals surface area (Å²) in [6.07, 6.45) is 2.03. The van der Waals surface area contributed by atoms with Crippen LogP contribution in [0, 0.1) is 11.3 Å². The molecule has 2 aliphatic rings. The molecular formula is C30H29N3O3. The molecule has 1 atom stereocenters. The number of carbonyl (C=O) groups is 1. The highest BCUT2D eigenvalue weighted by Gasteiger charge is 2.38. The second-order valence-corrected chi connectivity index (χ2v) is 9.15. The number of allylic oxidation sites excluding steroid dienone is 3. The van der Waals surface area contributed by atoms with Crippen molar-refractivity contribution in [3.05, 3.63) is 94.5 Å². The molecule has 0 bridgehead atoms. The van der Waals surface area contributed by atoms with Crippen molar-refractivity contribution in [1.29, 1.82) is 5.26 Å². The van der Waals surface area contributed by atoms with Gasteiger partial charge in [-0.2, -0.15) is 5.26 Å². The Balaban J connectivity index is 1.49. The third-order valence-electron chi connectivity index (χ3n) is 6.98. The molecule has 0 amide bonds. The Bertz CT molecular complexity index is 1450. The first kappa shape index (κ1) is 23.5. The molecule has 0 spiro atoms. The third-order valence-corrected chi connectivity index (χ3v) is 6.98. The molecule has 182 valence electrons. The number of hydrogen-bond acceptors (Lipinski definition) is 6. The van der Waals surface area contributed by atoms with Crippen LogP contribution in [0.4, 0.5) is 0 Å². The van der Waals surface area contributed by atoms with E-state index < -0.39 is 5.92 Å². The molecule has 0 radical (unpaired) electrons. The number of carbonyl (C=O) groups excluding carboxylic acids is 1. The van der Waals surface area contributed by atoms with E-state index >= 15 is 0 Å². The summed E-state index contributed by atoms with van der Waals surface area (Å²) in [5.74, 6) is 1.15. The van der Waals surface area contributed by atoms with Crippen LogP contribution in [-0.4, -0.2) is 24.3 Å². The maximum atomic E-state index is 13.0. The molecule has 5 rings (SSSR count). The Kier molecular flexibility index (Phi) is 6.39. The lowest BCUT2D eigenvalue weighted by atomic mass is 9.76. The fourth-order valence-corrected chi connectivity index (χ4v) is 5.18. The monoisotopic (exact) mass is 479 g/mol. The van der Waals surface area contributed by atoms with Crippen LogP contribution in [0.1, 0.15) is 43.2 Å². The summed E-state index contributed by atoms with van der Waals surface area (Å²) in [6.45, 7) is 2.76. The van der Waals surface area contributed by atoms with E-state index in [1.54, 1.807) is 4.90 Å². The van der Waals surface area contributed by atoms with Crippen LogP contribution in [0.2, 0.25) is 0 Å². The second-order valence-electron chi connectivity index (χ2n) is 9.15. The summed E-state index contributed by atoms with van der Waals surface area (Å²) < 4.78 is 12.1. The van der Waals surface area contributed by atoms with E-state index in [4.69, 9.17) is 15.2 Å². The molecule has 0 fully saturated rings. The smallest absolute Gasteiger partial charge is 0.161 e. The number of hydrogen-bond donors (Lipinski definition) is 1. The molecule has 2 N–H and O–H groups in total. The Morgan fingerprint density at radius 2 is 1.83 bits per heavy atom. The number of nitrogens with two attached hydrogens (primary N) is 1. The lowest BCUT2D eigenvalue weighted by Crippen LogP contribution is -2.36. The standard InChI is InChI=1S/C30H29N3O3/c1-3-35-27-16-22(28-23(17-31)30(32)33(2)24-9-6-10-25(34)29(24)28)13-14-26(27)36-18-19-11-12-20-7-4-5-8-21(20)15-19/h4-5,7-8,11-16,28H,3,6,9-10,18,32H2,1-2H3/t28-/m1/s1. The molecule has 1 aliphatic heterocycles. The van der Waals surface area contributed by atoms with Crippen LogP contribution in [0.25, 0.3) is 10.8 Å². The minimum atomic E-state index is -0.511. The van der Waals surface area contributed by atoms with Gasteiger partial charge in [0.1, 0.15) is 12.4 Å². The average molecular weight is 480 g/mol. The normalized spacial score (nSPS) is 17.8. The number of ketones is 1. The first-order valence-corrected chi connectivity index (χ1v) is 12.3. The molecule has 6 nitrogen and oxygen atoms in total. The van der Waals surface area contributed by atoms with E-state index in [1.807, 2.05) is 44.3 Å². The summed E-state index contributed by atoms with van der Waals surface area (Å²) in [6, 6.07) is 22.4. The van der Waals surface area contributed by atoms with Crippen LogP contribution >= 0.6 is 0 Å². The summed E-state index contributed by atoms with van der Waals surface area (Å²) in [5, 5.41) is 12.3. The molecule has 0 saturated carbocycles. The lowest BCUT2D eigenvalue weighted by molar-refractivity contribution is -0.116. The number of benzene rings is 3. The maximum absolute atomic E-state index is 13.0. The second kappa shape index (κ2) is 9.79. The van der Waals surface area contributed by atoms with E-state index in [-0.39, 0.29) is 5.78 Å². The van der Waals surface area contributed by atoms with Gasteiger partial charge in [-0.15, -0.1) is 0 Å². The van der Waals surface area contributed by atoms with Gasteiger partial charge in [-0.1, -0.05) is 42.5 Å². The van der Waals surface area contributed by atoms with Crippen molar-refractivity contribution in [2.75, 3.05) is 13.7 Å². The Labute approximate surface area is 211 Å². The first-order valence-electron chi connectivity index (χ1n) is 12.3. The predicted molar refractivity (Wildman–Crippen MR) is 139 cm³/mol. The van der Waals surface area contributed by atoms with Gasteiger partial charge in [-0.25, -0.2) is 0 Å². The van der Waals surface area contributed by atoms with E-state index in [0.29, 0.717) is 48.1 Å². The quantitative estimate of drug-likeness (QED) is 0.499. The molecule has 1 heterocycles. The van der Waals surface area contributed by atoms with Crippen LogP contribution in [0.3, 0.4) is 0 Å². The van der Waals surface area contributed by atoms with Crippen LogP contribution in [0.15, 0.2) is 83.3 Å². The van der Waals surface area contributed by atoms with E-state index in [1.165, 1.54) is 5.39 Å². The molecule has 6 heteroatoms. The van der Waals surface area contributed by atoms with Gasteiger partial charge >= 0.3 is 0 Å². The van der Waals surface area contributed by atoms with Gasteiger partial charge in [0.15, 0.2) is 17.3 Å². The molecule has 3 aromatic carbocycles. The molecule has 36 heavy (non-hydrogen) atoms. The maximum Gasteiger partial charge on any atom is 0.161 e. The van der Waals surface area contributed by atoms with E-state index in [2.05, 4.69) is 36.4 Å². The van der Waals surface area contributed by atoms with Crippen molar-refractivity contribution in [3.8, 4) is 17.6 Å². The van der Waals surface area contributed by atoms with Crippen molar-refractivity contribution >= 4 is 16.6 Å². The van der Waals surface area contributed by atoms with E-state index in [0.717, 1.165) is 35.1 Å². The number of ether oxygens (including phenoxy) is 2. The zero-order valence-corrected chi connectivity index (χ0v) is 20.6. The molecular weight excluding hydrogens is 450 g/mol. The van der Waals surface area contributed by atoms with Crippen molar-refractivity contribution in [3.63, 3.8) is 0 Å². The number of Topliss-reactive ketones (excluding diaryl/α,β-unsaturated/α-hetero) is 1. The zero-order valence-electron chi connectivity index (χ0n) is 20.6. The van der Waals surface area contributed by atoms with Gasteiger partial charge in [0.25, 0.3) is 0 Å². The van der Waals surface area contributed by atoms with Gasteiger partial charge in [0.2, 0.25) is 0 Å². The van der Waals surface area contributed by atoms with Gasteiger partial charge in [-0.05, 0) is 59.9 Å². The number of nitriles is 1. The highest BCUT2D eigenvalue weighted by molar-refractivity contribution is 5.99. The molecule has 0 unspecified atom stereocenters. The summed E-state index contributed by atoms with van der Waals surface area (Å²) in [4.78, 5) is 14.8. The van der Waals surface area contributed by atoms with Gasteiger partial charge < -0.3 is 20.1 Å². The topological polar surface area (TPSA) is 88.6 Å².